The van der Waals surface area contributed by atoms with E-state index in [0.717, 1.165) is 28.0 Å². The molecule has 0 radical (unpaired) electrons. The summed E-state index contributed by atoms with van der Waals surface area (Å²) in [5.74, 6) is 1.89. The molecule has 3 atom stereocenters. The maximum Gasteiger partial charge on any atom is 0.336 e. The molecule has 4 heteroatoms. The molecule has 2 fully saturated rings. The van der Waals surface area contributed by atoms with Crippen LogP contribution in [0.5, 0.6) is 0 Å². The fourth-order valence-electron chi connectivity index (χ4n) is 4.70. The predicted octanol–water partition coefficient (Wildman–Crippen LogP) is 4.28. The summed E-state index contributed by atoms with van der Waals surface area (Å²) in [6, 6.07) is 5.36. The number of carbonyl (C=O) groups is 1. The van der Waals surface area contributed by atoms with Crippen LogP contribution in [0.1, 0.15) is 48.8 Å². The van der Waals surface area contributed by atoms with Gasteiger partial charge in [0, 0.05) is 23.4 Å². The second-order valence-corrected chi connectivity index (χ2v) is 7.77. The first-order valence-electron chi connectivity index (χ1n) is 9.20. The van der Waals surface area contributed by atoms with Crippen LogP contribution in [0.25, 0.3) is 11.0 Å². The number of fused-ring (bicyclic) bond motifs is 3. The molecule has 0 unspecified atom stereocenters. The van der Waals surface area contributed by atoms with E-state index in [1.54, 1.807) is 0 Å². The first kappa shape index (κ1) is 16.4. The second-order valence-electron chi connectivity index (χ2n) is 7.77. The van der Waals surface area contributed by atoms with E-state index < -0.39 is 5.63 Å². The van der Waals surface area contributed by atoms with Crippen molar-refractivity contribution < 1.29 is 13.9 Å². The highest BCUT2D eigenvalue weighted by Crippen LogP contribution is 2.49. The summed E-state index contributed by atoms with van der Waals surface area (Å²) in [6.07, 6.45) is 5.59. The lowest BCUT2D eigenvalue weighted by Gasteiger charge is -2.20. The van der Waals surface area contributed by atoms with Crippen LogP contribution in [0.4, 0.5) is 0 Å². The Morgan fingerprint density at radius 1 is 1.24 bits per heavy atom. The Bertz CT molecular complexity index is 879. The van der Waals surface area contributed by atoms with Crippen LogP contribution in [0.2, 0.25) is 0 Å². The molecule has 1 aromatic carbocycles. The average molecular weight is 340 g/mol. The van der Waals surface area contributed by atoms with E-state index >= 15 is 0 Å². The molecule has 0 N–H and O–H groups in total. The smallest absolute Gasteiger partial charge is 0.336 e. The largest absolute Gasteiger partial charge is 0.461 e. The van der Waals surface area contributed by atoms with E-state index in [2.05, 4.69) is 0 Å². The number of esters is 1. The Morgan fingerprint density at radius 3 is 2.80 bits per heavy atom. The summed E-state index contributed by atoms with van der Waals surface area (Å²) in [4.78, 5) is 24.1. The SMILES string of the molecule is Cc1ccc2c(COC(=O)C[C@H]3C[C@H]4CC[C@@H]3C4)cc(=O)oc2c1C. The summed E-state index contributed by atoms with van der Waals surface area (Å²) >= 11 is 0. The van der Waals surface area contributed by atoms with Gasteiger partial charge >= 0.3 is 11.6 Å². The number of ether oxygens (including phenoxy) is 1. The molecule has 1 heterocycles. The van der Waals surface area contributed by atoms with E-state index in [1.165, 1.54) is 31.7 Å². The highest BCUT2D eigenvalue weighted by Gasteiger charge is 2.40. The number of hydrogen-bond acceptors (Lipinski definition) is 4. The number of aryl methyl sites for hydroxylation is 2. The minimum absolute atomic E-state index is 0.129. The summed E-state index contributed by atoms with van der Waals surface area (Å²) in [6.45, 7) is 4.05. The maximum atomic E-state index is 12.3. The monoisotopic (exact) mass is 340 g/mol. The number of rotatable bonds is 4. The summed E-state index contributed by atoms with van der Waals surface area (Å²) in [7, 11) is 0. The summed E-state index contributed by atoms with van der Waals surface area (Å²) < 4.78 is 10.9. The minimum Gasteiger partial charge on any atom is -0.461 e. The molecule has 4 nitrogen and oxygen atoms in total. The van der Waals surface area contributed by atoms with Gasteiger partial charge in [-0.05, 0) is 62.0 Å². The van der Waals surface area contributed by atoms with Gasteiger partial charge in [0.1, 0.15) is 12.2 Å². The molecular formula is C21H24O4. The molecule has 1 aromatic heterocycles. The zero-order valence-corrected chi connectivity index (χ0v) is 14.8. The van der Waals surface area contributed by atoms with Gasteiger partial charge < -0.3 is 9.15 Å². The Hall–Kier alpha value is -2.10. The number of hydrogen-bond donors (Lipinski definition) is 0. The molecule has 2 aliphatic carbocycles. The quantitative estimate of drug-likeness (QED) is 0.616. The molecule has 2 aromatic rings. The standard InChI is InChI=1S/C21H24O4/c1-12-3-6-18-17(10-20(23)25-21(18)13(12)2)11-24-19(22)9-16-8-14-4-5-15(16)7-14/h3,6,10,14-16H,4-5,7-9,11H2,1-2H3/t14-,15+,16+/m0/s1. The van der Waals surface area contributed by atoms with E-state index in [0.29, 0.717) is 23.8 Å². The Kier molecular flexibility index (Phi) is 4.14. The van der Waals surface area contributed by atoms with Gasteiger partial charge in [-0.2, -0.15) is 0 Å². The minimum atomic E-state index is -0.402. The van der Waals surface area contributed by atoms with E-state index in [9.17, 15) is 9.59 Å². The molecule has 0 aliphatic heterocycles. The van der Waals surface area contributed by atoms with Gasteiger partial charge in [-0.3, -0.25) is 4.79 Å². The zero-order valence-electron chi connectivity index (χ0n) is 14.8. The Labute approximate surface area is 147 Å². The lowest BCUT2D eigenvalue weighted by atomic mass is 9.86. The van der Waals surface area contributed by atoms with Crippen LogP contribution in [-0.4, -0.2) is 5.97 Å². The van der Waals surface area contributed by atoms with Crippen molar-refractivity contribution in [2.75, 3.05) is 0 Å². The molecular weight excluding hydrogens is 316 g/mol. The third kappa shape index (κ3) is 3.10. The highest BCUT2D eigenvalue weighted by atomic mass is 16.5. The van der Waals surface area contributed by atoms with Gasteiger partial charge in [0.15, 0.2) is 0 Å². The van der Waals surface area contributed by atoms with E-state index in [-0.39, 0.29) is 12.6 Å². The lowest BCUT2D eigenvalue weighted by Crippen LogP contribution is -2.17. The van der Waals surface area contributed by atoms with Crippen LogP contribution in [0, 0.1) is 31.6 Å². The van der Waals surface area contributed by atoms with Crippen molar-refractivity contribution in [3.05, 3.63) is 45.3 Å². The van der Waals surface area contributed by atoms with Crippen molar-refractivity contribution in [3.63, 3.8) is 0 Å². The Morgan fingerprint density at radius 2 is 2.08 bits per heavy atom. The van der Waals surface area contributed by atoms with Crippen LogP contribution >= 0.6 is 0 Å². The third-order valence-corrected chi connectivity index (χ3v) is 6.22. The molecule has 0 saturated heterocycles. The van der Waals surface area contributed by atoms with Gasteiger partial charge in [-0.15, -0.1) is 0 Å². The molecule has 25 heavy (non-hydrogen) atoms. The normalized spacial score (nSPS) is 24.8. The van der Waals surface area contributed by atoms with Crippen LogP contribution in [-0.2, 0) is 16.1 Å². The van der Waals surface area contributed by atoms with Crippen LogP contribution in [0.3, 0.4) is 0 Å². The predicted molar refractivity (Wildman–Crippen MR) is 95.3 cm³/mol. The van der Waals surface area contributed by atoms with Gasteiger partial charge in [-0.25, -0.2) is 4.79 Å². The molecule has 0 spiro atoms. The third-order valence-electron chi connectivity index (χ3n) is 6.22. The maximum absolute atomic E-state index is 12.3. The average Bonchev–Trinajstić information content (AvgIpc) is 3.19. The second kappa shape index (κ2) is 6.32. The molecule has 0 amide bonds. The lowest BCUT2D eigenvalue weighted by molar-refractivity contribution is -0.146. The molecule has 132 valence electrons. The zero-order chi connectivity index (χ0) is 17.6. The van der Waals surface area contributed by atoms with Crippen molar-refractivity contribution in [2.24, 2.45) is 17.8 Å². The first-order chi connectivity index (χ1) is 12.0. The van der Waals surface area contributed by atoms with Gasteiger partial charge in [0.2, 0.25) is 0 Å². The van der Waals surface area contributed by atoms with Gasteiger partial charge in [0.05, 0.1) is 0 Å². The van der Waals surface area contributed by atoms with Crippen LogP contribution in [0.15, 0.2) is 27.4 Å². The molecule has 2 aliphatic rings. The number of carbonyl (C=O) groups excluding carboxylic acids is 1. The topological polar surface area (TPSA) is 56.5 Å². The summed E-state index contributed by atoms with van der Waals surface area (Å²) in [5.41, 5.74) is 2.92. The van der Waals surface area contributed by atoms with Crippen molar-refractivity contribution >= 4 is 16.9 Å². The van der Waals surface area contributed by atoms with Crippen LogP contribution < -0.4 is 5.63 Å². The van der Waals surface area contributed by atoms with E-state index in [1.807, 2.05) is 26.0 Å². The Balaban J connectivity index is 1.48. The number of benzene rings is 1. The van der Waals surface area contributed by atoms with Crippen molar-refractivity contribution in [3.8, 4) is 0 Å². The molecule has 2 saturated carbocycles. The van der Waals surface area contributed by atoms with Gasteiger partial charge in [-0.1, -0.05) is 18.6 Å². The van der Waals surface area contributed by atoms with Gasteiger partial charge in [0.25, 0.3) is 0 Å². The van der Waals surface area contributed by atoms with Crippen molar-refractivity contribution in [1.29, 1.82) is 0 Å². The fraction of sp³-hybridized carbons (Fsp3) is 0.524. The molecule has 2 bridgehead atoms. The van der Waals surface area contributed by atoms with Crippen molar-refractivity contribution in [2.45, 2.75) is 52.6 Å². The highest BCUT2D eigenvalue weighted by molar-refractivity contribution is 5.84. The summed E-state index contributed by atoms with van der Waals surface area (Å²) in [5, 5.41) is 0.843. The van der Waals surface area contributed by atoms with Crippen molar-refractivity contribution in [1.82, 2.24) is 0 Å². The van der Waals surface area contributed by atoms with E-state index in [4.69, 9.17) is 9.15 Å². The first-order valence-corrected chi connectivity index (χ1v) is 9.20. The fourth-order valence-corrected chi connectivity index (χ4v) is 4.70. The molecule has 4 rings (SSSR count).